The predicted octanol–water partition coefficient (Wildman–Crippen LogP) is 3.11. The van der Waals surface area contributed by atoms with E-state index < -0.39 is 5.97 Å². The van der Waals surface area contributed by atoms with Crippen LogP contribution in [0.3, 0.4) is 0 Å². The average Bonchev–Trinajstić information content (AvgIpc) is 2.64. The Morgan fingerprint density at radius 1 is 1.15 bits per heavy atom. The lowest BCUT2D eigenvalue weighted by molar-refractivity contribution is -0.140. The highest BCUT2D eigenvalue weighted by molar-refractivity contribution is 5.76. The normalized spacial score (nSPS) is 15.4. The lowest BCUT2D eigenvalue weighted by atomic mass is 10.0. The van der Waals surface area contributed by atoms with Crippen molar-refractivity contribution in [2.24, 2.45) is 0 Å². The molecule has 1 amide bonds. The Bertz CT molecular complexity index is 577. The quantitative estimate of drug-likeness (QED) is 0.688. The second-order valence-electron chi connectivity index (χ2n) is 7.26. The summed E-state index contributed by atoms with van der Waals surface area (Å²) in [5, 5.41) is 9.00. The van der Waals surface area contributed by atoms with Crippen LogP contribution in [0.4, 0.5) is 0 Å². The summed E-state index contributed by atoms with van der Waals surface area (Å²) in [6, 6.07) is 8.88. The van der Waals surface area contributed by atoms with Gasteiger partial charge in [-0.2, -0.15) is 0 Å². The van der Waals surface area contributed by atoms with Crippen molar-refractivity contribution in [3.05, 3.63) is 35.4 Å². The molecule has 0 aliphatic carbocycles. The van der Waals surface area contributed by atoms with Crippen LogP contribution < -0.4 is 0 Å². The number of benzene rings is 1. The maximum Gasteiger partial charge on any atom is 0.317 e. The molecule has 1 aromatic carbocycles. The van der Waals surface area contributed by atoms with Crippen LogP contribution in [-0.4, -0.2) is 59.0 Å². The summed E-state index contributed by atoms with van der Waals surface area (Å²) in [5.74, 6) is -0.535. The van der Waals surface area contributed by atoms with Crippen LogP contribution in [-0.2, 0) is 16.0 Å². The van der Waals surface area contributed by atoms with E-state index in [-0.39, 0.29) is 18.5 Å². The number of hydrogen-bond acceptors (Lipinski definition) is 3. The van der Waals surface area contributed by atoms with Crippen LogP contribution in [0.5, 0.6) is 0 Å². The first-order chi connectivity index (χ1) is 12.5. The van der Waals surface area contributed by atoms with E-state index in [0.29, 0.717) is 6.42 Å². The number of piperidine rings is 1. The van der Waals surface area contributed by atoms with Gasteiger partial charge in [0.1, 0.15) is 0 Å². The van der Waals surface area contributed by atoms with E-state index in [1.54, 1.807) is 0 Å². The van der Waals surface area contributed by atoms with Crippen LogP contribution in [0.15, 0.2) is 24.3 Å². The van der Waals surface area contributed by atoms with Crippen molar-refractivity contribution in [3.63, 3.8) is 0 Å². The van der Waals surface area contributed by atoms with E-state index in [1.165, 1.54) is 11.1 Å². The first-order valence-electron chi connectivity index (χ1n) is 9.78. The van der Waals surface area contributed by atoms with Crippen LogP contribution >= 0.6 is 0 Å². The van der Waals surface area contributed by atoms with E-state index in [9.17, 15) is 9.59 Å². The van der Waals surface area contributed by atoms with Gasteiger partial charge in [-0.25, -0.2) is 0 Å². The molecule has 1 aliphatic rings. The van der Waals surface area contributed by atoms with E-state index >= 15 is 0 Å². The number of aliphatic carboxylic acids is 1. The highest BCUT2D eigenvalue weighted by Crippen LogP contribution is 2.18. The minimum atomic E-state index is -0.779. The van der Waals surface area contributed by atoms with Gasteiger partial charge in [0.05, 0.1) is 6.54 Å². The number of rotatable bonds is 9. The van der Waals surface area contributed by atoms with Crippen LogP contribution in [0, 0.1) is 6.92 Å². The van der Waals surface area contributed by atoms with Crippen molar-refractivity contribution in [1.29, 1.82) is 0 Å². The van der Waals surface area contributed by atoms with Crippen LogP contribution in [0.25, 0.3) is 0 Å². The van der Waals surface area contributed by atoms with Gasteiger partial charge in [-0.1, -0.05) is 36.8 Å². The number of nitrogens with zero attached hydrogens (tertiary/aromatic N) is 2. The number of aryl methyl sites for hydroxylation is 2. The Hall–Kier alpha value is -1.88. The van der Waals surface area contributed by atoms with E-state index in [2.05, 4.69) is 31.2 Å². The minimum Gasteiger partial charge on any atom is -0.480 e. The summed E-state index contributed by atoms with van der Waals surface area (Å²) in [6.45, 7) is 6.41. The van der Waals surface area contributed by atoms with Crippen LogP contribution in [0.2, 0.25) is 0 Å². The minimum absolute atomic E-state index is 0.0914. The van der Waals surface area contributed by atoms with Gasteiger partial charge in [-0.05, 0) is 51.1 Å². The molecule has 144 valence electrons. The summed E-state index contributed by atoms with van der Waals surface area (Å²) in [5.41, 5.74) is 2.61. The van der Waals surface area contributed by atoms with Crippen molar-refractivity contribution in [3.8, 4) is 0 Å². The third-order valence-corrected chi connectivity index (χ3v) is 5.30. The van der Waals surface area contributed by atoms with Gasteiger partial charge in [0.15, 0.2) is 0 Å². The average molecular weight is 360 g/mol. The molecule has 1 fully saturated rings. The number of carbonyl (C=O) groups is 2. The Kier molecular flexibility index (Phi) is 8.10. The summed E-state index contributed by atoms with van der Waals surface area (Å²) in [6.07, 6.45) is 5.34. The van der Waals surface area contributed by atoms with Gasteiger partial charge in [0, 0.05) is 25.6 Å². The molecule has 0 saturated carbocycles. The lowest BCUT2D eigenvalue weighted by Crippen LogP contribution is -2.48. The molecule has 0 atom stereocenters. The molecule has 5 nitrogen and oxygen atoms in total. The molecule has 1 aromatic rings. The van der Waals surface area contributed by atoms with Crippen molar-refractivity contribution >= 4 is 11.9 Å². The Morgan fingerprint density at radius 2 is 1.81 bits per heavy atom. The maximum absolute atomic E-state index is 12.4. The fraction of sp³-hybridized carbons (Fsp3) is 0.619. The van der Waals surface area contributed by atoms with Crippen LogP contribution in [0.1, 0.15) is 50.2 Å². The molecule has 1 N–H and O–H groups in total. The highest BCUT2D eigenvalue weighted by atomic mass is 16.4. The summed E-state index contributed by atoms with van der Waals surface area (Å²) in [7, 11) is 0. The molecule has 1 saturated heterocycles. The Labute approximate surface area is 157 Å². The highest BCUT2D eigenvalue weighted by Gasteiger charge is 2.26. The number of carboxylic acid groups (broad SMARTS) is 1. The standard InChI is InChI=1S/C21H32N2O3/c1-3-22(16-21(25)26)19-12-14-23(15-13-19)20(24)7-5-4-6-18-10-8-17(2)9-11-18/h8-11,19H,3-7,12-16H2,1-2H3,(H,25,26). The first-order valence-corrected chi connectivity index (χ1v) is 9.78. The zero-order valence-corrected chi connectivity index (χ0v) is 16.1. The molecule has 5 heteroatoms. The largest absolute Gasteiger partial charge is 0.480 e. The topological polar surface area (TPSA) is 60.9 Å². The molecule has 0 radical (unpaired) electrons. The van der Waals surface area contributed by atoms with Crippen molar-refractivity contribution < 1.29 is 14.7 Å². The zero-order chi connectivity index (χ0) is 18.9. The van der Waals surface area contributed by atoms with Crippen molar-refractivity contribution in [2.45, 2.75) is 58.4 Å². The SMILES string of the molecule is CCN(CC(=O)O)C1CCN(C(=O)CCCCc2ccc(C)cc2)CC1. The van der Waals surface area contributed by atoms with Gasteiger partial charge >= 0.3 is 5.97 Å². The molecule has 0 aromatic heterocycles. The molecule has 2 rings (SSSR count). The predicted molar refractivity (Wildman–Crippen MR) is 103 cm³/mol. The molecule has 0 unspecified atom stereocenters. The second kappa shape index (κ2) is 10.3. The van der Waals surface area contributed by atoms with Gasteiger partial charge in [0.2, 0.25) is 5.91 Å². The molecule has 1 heterocycles. The number of likely N-dealkylation sites (N-methyl/N-ethyl adjacent to an activating group) is 1. The summed E-state index contributed by atoms with van der Waals surface area (Å²) >= 11 is 0. The number of carbonyl (C=O) groups excluding carboxylic acids is 1. The zero-order valence-electron chi connectivity index (χ0n) is 16.1. The van der Waals surface area contributed by atoms with Gasteiger partial charge in [-0.15, -0.1) is 0 Å². The van der Waals surface area contributed by atoms with Crippen molar-refractivity contribution in [2.75, 3.05) is 26.2 Å². The third kappa shape index (κ3) is 6.45. The van der Waals surface area contributed by atoms with E-state index in [4.69, 9.17) is 5.11 Å². The maximum atomic E-state index is 12.4. The summed E-state index contributed by atoms with van der Waals surface area (Å²) < 4.78 is 0. The number of likely N-dealkylation sites (tertiary alicyclic amines) is 1. The fourth-order valence-corrected chi connectivity index (χ4v) is 3.67. The summed E-state index contributed by atoms with van der Waals surface area (Å²) in [4.78, 5) is 27.3. The van der Waals surface area contributed by atoms with Gasteiger partial charge < -0.3 is 10.0 Å². The molecule has 0 spiro atoms. The van der Waals surface area contributed by atoms with Gasteiger partial charge in [-0.3, -0.25) is 14.5 Å². The number of carboxylic acids is 1. The molecular weight excluding hydrogens is 328 g/mol. The number of unbranched alkanes of at least 4 members (excludes halogenated alkanes) is 1. The Balaban J connectivity index is 1.66. The smallest absolute Gasteiger partial charge is 0.317 e. The Morgan fingerprint density at radius 3 is 2.38 bits per heavy atom. The number of hydrogen-bond donors (Lipinski definition) is 1. The van der Waals surface area contributed by atoms with Gasteiger partial charge in [0.25, 0.3) is 0 Å². The number of amides is 1. The first kappa shape index (κ1) is 20.4. The molecule has 1 aliphatic heterocycles. The molecular formula is C21H32N2O3. The lowest BCUT2D eigenvalue weighted by Gasteiger charge is -2.37. The molecule has 26 heavy (non-hydrogen) atoms. The third-order valence-electron chi connectivity index (χ3n) is 5.30. The molecule has 0 bridgehead atoms. The van der Waals surface area contributed by atoms with E-state index in [1.807, 2.05) is 16.7 Å². The second-order valence-corrected chi connectivity index (χ2v) is 7.26. The fourth-order valence-electron chi connectivity index (χ4n) is 3.67. The van der Waals surface area contributed by atoms with Crippen molar-refractivity contribution in [1.82, 2.24) is 9.80 Å². The monoisotopic (exact) mass is 360 g/mol. The van der Waals surface area contributed by atoms with E-state index in [0.717, 1.165) is 51.7 Å².